The van der Waals surface area contributed by atoms with Crippen molar-refractivity contribution in [3.63, 3.8) is 0 Å². The van der Waals surface area contributed by atoms with Crippen LogP contribution < -0.4 is 16.4 Å². The van der Waals surface area contributed by atoms with Crippen LogP contribution in [0.1, 0.15) is 16.8 Å². The number of urea groups is 1. The van der Waals surface area contributed by atoms with E-state index in [0.29, 0.717) is 12.2 Å². The number of amides is 3. The van der Waals surface area contributed by atoms with Gasteiger partial charge in [-0.1, -0.05) is 0 Å². The molecule has 1 heterocycles. The molecule has 3 amide bonds. The summed E-state index contributed by atoms with van der Waals surface area (Å²) in [5, 5.41) is 13.7. The number of nitrogens with two attached hydrogens (primary N) is 1. The second-order valence-corrected chi connectivity index (χ2v) is 5.02. The second kappa shape index (κ2) is 8.10. The van der Waals surface area contributed by atoms with Crippen molar-refractivity contribution in [3.05, 3.63) is 23.9 Å². The summed E-state index contributed by atoms with van der Waals surface area (Å²) in [5.74, 6) is -1.21. The quantitative estimate of drug-likeness (QED) is 0.579. The molecule has 9 heteroatoms. The van der Waals surface area contributed by atoms with Gasteiger partial charge in [-0.3, -0.25) is 4.79 Å². The van der Waals surface area contributed by atoms with Gasteiger partial charge in [0.2, 0.25) is 5.91 Å². The predicted octanol–water partition coefficient (Wildman–Crippen LogP) is 0.508. The number of carboxylic acid groups (broad SMARTS) is 1. The van der Waals surface area contributed by atoms with Crippen molar-refractivity contribution < 1.29 is 19.5 Å². The number of thioether (sulfide) groups is 1. The number of pyridine rings is 1. The Kier molecular flexibility index (Phi) is 6.47. The van der Waals surface area contributed by atoms with Crippen molar-refractivity contribution in [2.75, 3.05) is 17.3 Å². The van der Waals surface area contributed by atoms with Crippen LogP contribution in [-0.2, 0) is 4.79 Å². The van der Waals surface area contributed by atoms with Crippen molar-refractivity contribution in [1.82, 2.24) is 10.3 Å². The molecule has 8 nitrogen and oxygen atoms in total. The van der Waals surface area contributed by atoms with Gasteiger partial charge in [0.1, 0.15) is 17.4 Å². The number of nitrogens with zero attached hydrogens (tertiary/aromatic N) is 1. The average Bonchev–Trinajstić information content (AvgIpc) is 2.43. The predicted molar refractivity (Wildman–Crippen MR) is 79.3 cm³/mol. The average molecular weight is 312 g/mol. The Bertz CT molecular complexity index is 538. The Labute approximate surface area is 125 Å². The van der Waals surface area contributed by atoms with E-state index in [1.165, 1.54) is 30.1 Å². The highest BCUT2D eigenvalue weighted by Gasteiger charge is 2.22. The molecule has 1 aromatic rings. The molecule has 1 aromatic heterocycles. The third-order valence-electron chi connectivity index (χ3n) is 2.52. The molecular weight excluding hydrogens is 296 g/mol. The lowest BCUT2D eigenvalue weighted by molar-refractivity contribution is -0.118. The fourth-order valence-electron chi connectivity index (χ4n) is 1.56. The minimum absolute atomic E-state index is 0.0737. The number of primary amides is 1. The molecule has 21 heavy (non-hydrogen) atoms. The van der Waals surface area contributed by atoms with Crippen LogP contribution in [0.2, 0.25) is 0 Å². The first-order chi connectivity index (χ1) is 9.95. The number of anilines is 1. The monoisotopic (exact) mass is 312 g/mol. The van der Waals surface area contributed by atoms with E-state index in [1.54, 1.807) is 0 Å². The largest absolute Gasteiger partial charge is 0.478 e. The molecule has 0 saturated carbocycles. The van der Waals surface area contributed by atoms with E-state index in [0.717, 1.165) is 0 Å². The van der Waals surface area contributed by atoms with Gasteiger partial charge in [0.05, 0.1) is 0 Å². The van der Waals surface area contributed by atoms with E-state index in [9.17, 15) is 14.4 Å². The minimum atomic E-state index is -1.21. The van der Waals surface area contributed by atoms with Gasteiger partial charge < -0.3 is 21.5 Å². The topological polar surface area (TPSA) is 134 Å². The third-order valence-corrected chi connectivity index (χ3v) is 3.17. The van der Waals surface area contributed by atoms with Crippen LogP contribution in [-0.4, -0.2) is 46.0 Å². The summed E-state index contributed by atoms with van der Waals surface area (Å²) in [4.78, 5) is 37.9. The zero-order chi connectivity index (χ0) is 15.8. The number of rotatable bonds is 7. The molecule has 0 bridgehead atoms. The summed E-state index contributed by atoms with van der Waals surface area (Å²) in [7, 11) is 0. The van der Waals surface area contributed by atoms with E-state index < -0.39 is 23.9 Å². The maximum absolute atomic E-state index is 12.1. The minimum Gasteiger partial charge on any atom is -0.478 e. The Morgan fingerprint density at radius 2 is 2.19 bits per heavy atom. The van der Waals surface area contributed by atoms with Gasteiger partial charge in [0.15, 0.2) is 0 Å². The molecule has 5 N–H and O–H groups in total. The lowest BCUT2D eigenvalue weighted by Gasteiger charge is -2.17. The van der Waals surface area contributed by atoms with Gasteiger partial charge in [-0.25, -0.2) is 14.6 Å². The standard InChI is InChI=1S/C12H16N4O4S/c1-21-6-4-8(15-12(13)20)10(17)16-9-7(11(18)19)3-2-5-14-9/h2-3,5,8H,4,6H2,1H3,(H,18,19)(H3,13,15,20)(H,14,16,17). The van der Waals surface area contributed by atoms with Crippen molar-refractivity contribution in [1.29, 1.82) is 0 Å². The van der Waals surface area contributed by atoms with Crippen LogP contribution in [0.5, 0.6) is 0 Å². The molecular formula is C12H16N4O4S. The molecule has 0 spiro atoms. The second-order valence-electron chi connectivity index (χ2n) is 4.04. The molecule has 0 saturated heterocycles. The molecule has 0 aliphatic carbocycles. The summed E-state index contributed by atoms with van der Waals surface area (Å²) in [5.41, 5.74) is 4.90. The fraction of sp³-hybridized carbons (Fsp3) is 0.333. The third kappa shape index (κ3) is 5.30. The SMILES string of the molecule is CSCCC(NC(N)=O)C(=O)Nc1ncccc1C(=O)O. The van der Waals surface area contributed by atoms with Gasteiger partial charge in [0, 0.05) is 6.20 Å². The van der Waals surface area contributed by atoms with Crippen molar-refractivity contribution in [3.8, 4) is 0 Å². The van der Waals surface area contributed by atoms with Crippen LogP contribution in [0, 0.1) is 0 Å². The Morgan fingerprint density at radius 3 is 2.76 bits per heavy atom. The number of aromatic carboxylic acids is 1. The summed E-state index contributed by atoms with van der Waals surface area (Å²) in [6.07, 6.45) is 3.59. The van der Waals surface area contributed by atoms with E-state index in [2.05, 4.69) is 15.6 Å². The van der Waals surface area contributed by atoms with Gasteiger partial charge in [0.25, 0.3) is 0 Å². The van der Waals surface area contributed by atoms with Crippen molar-refractivity contribution >= 4 is 35.5 Å². The number of nitrogens with one attached hydrogen (secondary N) is 2. The number of carboxylic acids is 1. The molecule has 1 rings (SSSR count). The van der Waals surface area contributed by atoms with Gasteiger partial charge in [-0.2, -0.15) is 11.8 Å². The molecule has 1 unspecified atom stereocenters. The van der Waals surface area contributed by atoms with Crippen LogP contribution in [0.25, 0.3) is 0 Å². The number of carbonyl (C=O) groups excluding carboxylic acids is 2. The molecule has 0 aromatic carbocycles. The summed E-state index contributed by atoms with van der Waals surface area (Å²) >= 11 is 1.51. The van der Waals surface area contributed by atoms with Gasteiger partial charge in [-0.05, 0) is 30.6 Å². The summed E-state index contributed by atoms with van der Waals surface area (Å²) in [6, 6.07) is 1.10. The van der Waals surface area contributed by atoms with Crippen LogP contribution in [0.4, 0.5) is 10.6 Å². The first kappa shape index (κ1) is 16.8. The van der Waals surface area contributed by atoms with E-state index in [1.807, 2.05) is 6.26 Å². The van der Waals surface area contributed by atoms with E-state index >= 15 is 0 Å². The highest BCUT2D eigenvalue weighted by Crippen LogP contribution is 2.12. The number of carbonyl (C=O) groups is 3. The number of hydrogen-bond donors (Lipinski definition) is 4. The van der Waals surface area contributed by atoms with Crippen LogP contribution in [0.3, 0.4) is 0 Å². The van der Waals surface area contributed by atoms with E-state index in [4.69, 9.17) is 10.8 Å². The maximum Gasteiger partial charge on any atom is 0.339 e. The first-order valence-electron chi connectivity index (χ1n) is 5.99. The molecule has 114 valence electrons. The summed E-state index contributed by atoms with van der Waals surface area (Å²) in [6.45, 7) is 0. The summed E-state index contributed by atoms with van der Waals surface area (Å²) < 4.78 is 0. The Morgan fingerprint density at radius 1 is 1.48 bits per heavy atom. The van der Waals surface area contributed by atoms with Crippen molar-refractivity contribution in [2.24, 2.45) is 5.73 Å². The number of hydrogen-bond acceptors (Lipinski definition) is 5. The molecule has 0 fully saturated rings. The van der Waals surface area contributed by atoms with Crippen molar-refractivity contribution in [2.45, 2.75) is 12.5 Å². The fourth-order valence-corrected chi connectivity index (χ4v) is 2.03. The Balaban J connectivity index is 2.85. The van der Waals surface area contributed by atoms with E-state index in [-0.39, 0.29) is 11.4 Å². The Hall–Kier alpha value is -2.29. The van der Waals surface area contributed by atoms with Crippen LogP contribution in [0.15, 0.2) is 18.3 Å². The molecule has 0 radical (unpaired) electrons. The lowest BCUT2D eigenvalue weighted by Crippen LogP contribution is -2.46. The lowest BCUT2D eigenvalue weighted by atomic mass is 10.2. The number of aromatic nitrogens is 1. The van der Waals surface area contributed by atoms with Gasteiger partial charge >= 0.3 is 12.0 Å². The smallest absolute Gasteiger partial charge is 0.339 e. The highest BCUT2D eigenvalue weighted by atomic mass is 32.2. The molecule has 0 aliphatic heterocycles. The first-order valence-corrected chi connectivity index (χ1v) is 7.39. The van der Waals surface area contributed by atoms with Gasteiger partial charge in [-0.15, -0.1) is 0 Å². The van der Waals surface area contributed by atoms with Crippen LogP contribution >= 0.6 is 11.8 Å². The zero-order valence-corrected chi connectivity index (χ0v) is 12.1. The zero-order valence-electron chi connectivity index (χ0n) is 11.3. The normalized spacial score (nSPS) is 11.5. The highest BCUT2D eigenvalue weighted by molar-refractivity contribution is 7.98. The molecule has 1 atom stereocenters. The molecule has 0 aliphatic rings. The maximum atomic E-state index is 12.1.